The first-order valence-electron chi connectivity index (χ1n) is 2.93. The normalized spacial score (nSPS) is 10.2. The van der Waals surface area contributed by atoms with Crippen molar-refractivity contribution in [3.63, 3.8) is 0 Å². The van der Waals surface area contributed by atoms with Crippen molar-refractivity contribution in [2.75, 3.05) is 5.73 Å². The van der Waals surface area contributed by atoms with E-state index < -0.39 is 0 Å². The Morgan fingerprint density at radius 1 is 1.09 bits per heavy atom. The van der Waals surface area contributed by atoms with E-state index in [-0.39, 0.29) is 5.82 Å². The standard InChI is InChI=1S/C5H4N6/c6-4-3-5(10-11-9-4)8-2-1-7-3/h1-2H,(H2,6,8,9,10). The minimum atomic E-state index is 0.253. The zero-order valence-electron chi connectivity index (χ0n) is 5.47. The van der Waals surface area contributed by atoms with Crippen LogP contribution in [0.4, 0.5) is 5.82 Å². The van der Waals surface area contributed by atoms with Crippen LogP contribution in [0.15, 0.2) is 12.4 Å². The fourth-order valence-electron chi connectivity index (χ4n) is 0.745. The van der Waals surface area contributed by atoms with E-state index in [4.69, 9.17) is 5.73 Å². The Morgan fingerprint density at radius 3 is 2.73 bits per heavy atom. The molecule has 0 amide bonds. The molecule has 0 aliphatic carbocycles. The molecule has 0 bridgehead atoms. The van der Waals surface area contributed by atoms with Crippen molar-refractivity contribution in [2.45, 2.75) is 0 Å². The average Bonchev–Trinajstić information content (AvgIpc) is 2.06. The third-order valence-electron chi connectivity index (χ3n) is 1.21. The van der Waals surface area contributed by atoms with Crippen LogP contribution in [0.3, 0.4) is 0 Å². The molecule has 2 N–H and O–H groups in total. The van der Waals surface area contributed by atoms with E-state index in [1.807, 2.05) is 0 Å². The molecule has 11 heavy (non-hydrogen) atoms. The molecule has 2 rings (SSSR count). The quantitative estimate of drug-likeness (QED) is 0.536. The minimum Gasteiger partial charge on any atom is -0.380 e. The summed E-state index contributed by atoms with van der Waals surface area (Å²) in [6, 6.07) is 0. The molecule has 0 spiro atoms. The molecule has 2 heterocycles. The number of rotatable bonds is 0. The Hall–Kier alpha value is -1.85. The Kier molecular flexibility index (Phi) is 1.12. The fraction of sp³-hybridized carbons (Fsp3) is 0. The molecule has 0 saturated carbocycles. The number of aromatic nitrogens is 5. The van der Waals surface area contributed by atoms with Crippen molar-refractivity contribution >= 4 is 17.0 Å². The predicted octanol–water partition coefficient (Wildman–Crippen LogP) is -0.603. The summed E-state index contributed by atoms with van der Waals surface area (Å²) >= 11 is 0. The highest BCUT2D eigenvalue weighted by Crippen LogP contribution is 2.06. The van der Waals surface area contributed by atoms with Crippen molar-refractivity contribution in [3.05, 3.63) is 12.4 Å². The molecule has 0 fully saturated rings. The smallest absolute Gasteiger partial charge is 0.206 e. The highest BCUT2D eigenvalue weighted by atomic mass is 15.3. The zero-order chi connectivity index (χ0) is 7.68. The number of nitrogens with two attached hydrogens (primary N) is 1. The van der Waals surface area contributed by atoms with Gasteiger partial charge in [0.2, 0.25) is 5.65 Å². The Bertz CT molecular complexity index is 380. The maximum Gasteiger partial charge on any atom is 0.206 e. The molecule has 0 radical (unpaired) electrons. The minimum absolute atomic E-state index is 0.253. The summed E-state index contributed by atoms with van der Waals surface area (Å²) in [5.74, 6) is 0.253. The van der Waals surface area contributed by atoms with Crippen LogP contribution in [0.5, 0.6) is 0 Å². The van der Waals surface area contributed by atoms with E-state index in [0.717, 1.165) is 0 Å². The van der Waals surface area contributed by atoms with Crippen LogP contribution in [0.25, 0.3) is 11.2 Å². The van der Waals surface area contributed by atoms with Gasteiger partial charge in [-0.1, -0.05) is 0 Å². The second-order valence-electron chi connectivity index (χ2n) is 1.90. The second-order valence-corrected chi connectivity index (χ2v) is 1.90. The third-order valence-corrected chi connectivity index (χ3v) is 1.21. The van der Waals surface area contributed by atoms with Crippen LogP contribution in [0.2, 0.25) is 0 Å². The van der Waals surface area contributed by atoms with Gasteiger partial charge in [0.05, 0.1) is 0 Å². The lowest BCUT2D eigenvalue weighted by atomic mass is 10.5. The lowest BCUT2D eigenvalue weighted by molar-refractivity contribution is 0.888. The summed E-state index contributed by atoms with van der Waals surface area (Å²) in [6.45, 7) is 0. The van der Waals surface area contributed by atoms with Gasteiger partial charge in [-0.25, -0.2) is 9.97 Å². The first-order valence-corrected chi connectivity index (χ1v) is 2.93. The Morgan fingerprint density at radius 2 is 1.91 bits per heavy atom. The largest absolute Gasteiger partial charge is 0.380 e. The van der Waals surface area contributed by atoms with Gasteiger partial charge in [-0.3, -0.25) is 0 Å². The first kappa shape index (κ1) is 5.90. The summed E-state index contributed by atoms with van der Waals surface area (Å²) in [6.07, 6.45) is 3.05. The van der Waals surface area contributed by atoms with Crippen LogP contribution in [0.1, 0.15) is 0 Å². The van der Waals surface area contributed by atoms with Crippen LogP contribution < -0.4 is 5.73 Å². The highest BCUT2D eigenvalue weighted by Gasteiger charge is 2.00. The third kappa shape index (κ3) is 0.841. The van der Waals surface area contributed by atoms with Crippen LogP contribution in [-0.2, 0) is 0 Å². The van der Waals surface area contributed by atoms with E-state index >= 15 is 0 Å². The van der Waals surface area contributed by atoms with E-state index in [0.29, 0.717) is 11.2 Å². The van der Waals surface area contributed by atoms with Gasteiger partial charge in [-0.05, 0) is 5.21 Å². The van der Waals surface area contributed by atoms with E-state index in [1.165, 1.54) is 12.4 Å². The fourth-order valence-corrected chi connectivity index (χ4v) is 0.745. The monoisotopic (exact) mass is 148 g/mol. The van der Waals surface area contributed by atoms with E-state index in [9.17, 15) is 0 Å². The van der Waals surface area contributed by atoms with Gasteiger partial charge in [-0.15, -0.1) is 10.2 Å². The number of hydrogen-bond acceptors (Lipinski definition) is 6. The van der Waals surface area contributed by atoms with Gasteiger partial charge in [0.1, 0.15) is 0 Å². The molecular weight excluding hydrogens is 144 g/mol. The molecule has 0 aromatic carbocycles. The Labute approximate surface area is 61.5 Å². The van der Waals surface area contributed by atoms with Gasteiger partial charge in [-0.2, -0.15) is 0 Å². The van der Waals surface area contributed by atoms with Gasteiger partial charge >= 0.3 is 0 Å². The molecule has 0 atom stereocenters. The lowest BCUT2D eigenvalue weighted by Crippen LogP contribution is -1.99. The van der Waals surface area contributed by atoms with Crippen molar-refractivity contribution < 1.29 is 0 Å². The topological polar surface area (TPSA) is 90.5 Å². The molecule has 0 aliphatic heterocycles. The maximum atomic E-state index is 5.44. The SMILES string of the molecule is Nc1nnnc2nccnc12. The summed E-state index contributed by atoms with van der Waals surface area (Å²) in [5, 5.41) is 10.5. The average molecular weight is 148 g/mol. The maximum absolute atomic E-state index is 5.44. The van der Waals surface area contributed by atoms with Gasteiger partial charge in [0, 0.05) is 12.4 Å². The number of nitrogens with zero attached hydrogens (tertiary/aromatic N) is 5. The molecular formula is C5H4N6. The van der Waals surface area contributed by atoms with Crippen LogP contribution in [0, 0.1) is 0 Å². The molecule has 6 heteroatoms. The lowest BCUT2D eigenvalue weighted by Gasteiger charge is -1.93. The second kappa shape index (κ2) is 2.08. The molecule has 0 unspecified atom stereocenters. The summed E-state index contributed by atoms with van der Waals surface area (Å²) in [5.41, 5.74) is 6.35. The van der Waals surface area contributed by atoms with Gasteiger partial charge in [0.15, 0.2) is 11.3 Å². The zero-order valence-corrected chi connectivity index (χ0v) is 5.47. The molecule has 2 aromatic rings. The number of fused-ring (bicyclic) bond motifs is 1. The number of anilines is 1. The van der Waals surface area contributed by atoms with Crippen molar-refractivity contribution in [3.8, 4) is 0 Å². The van der Waals surface area contributed by atoms with Gasteiger partial charge < -0.3 is 5.73 Å². The molecule has 2 aromatic heterocycles. The first-order chi connectivity index (χ1) is 5.38. The molecule has 0 aliphatic rings. The van der Waals surface area contributed by atoms with Crippen LogP contribution >= 0.6 is 0 Å². The summed E-state index contributed by atoms with van der Waals surface area (Å²) < 4.78 is 0. The summed E-state index contributed by atoms with van der Waals surface area (Å²) in [7, 11) is 0. The number of hydrogen-bond donors (Lipinski definition) is 1. The van der Waals surface area contributed by atoms with Crippen molar-refractivity contribution in [1.82, 2.24) is 25.4 Å². The molecule has 6 nitrogen and oxygen atoms in total. The van der Waals surface area contributed by atoms with Crippen molar-refractivity contribution in [1.29, 1.82) is 0 Å². The van der Waals surface area contributed by atoms with Crippen LogP contribution in [-0.4, -0.2) is 25.4 Å². The molecule has 0 saturated heterocycles. The van der Waals surface area contributed by atoms with Gasteiger partial charge in [0.25, 0.3) is 0 Å². The number of nitrogen functional groups attached to an aromatic ring is 1. The predicted molar refractivity (Wildman–Crippen MR) is 37.3 cm³/mol. The van der Waals surface area contributed by atoms with E-state index in [1.54, 1.807) is 0 Å². The summed E-state index contributed by atoms with van der Waals surface area (Å²) in [4.78, 5) is 7.81. The van der Waals surface area contributed by atoms with E-state index in [2.05, 4.69) is 25.4 Å². The van der Waals surface area contributed by atoms with Crippen molar-refractivity contribution in [2.24, 2.45) is 0 Å². The molecule has 54 valence electrons. The highest BCUT2D eigenvalue weighted by molar-refractivity contribution is 5.79. The Balaban J connectivity index is 2.91.